The molecule has 0 radical (unpaired) electrons. The number of ether oxygens (including phenoxy) is 1. The van der Waals surface area contributed by atoms with E-state index < -0.39 is 6.61 Å². The van der Waals surface area contributed by atoms with Gasteiger partial charge in [0, 0.05) is 19.1 Å². The zero-order valence-electron chi connectivity index (χ0n) is 7.96. The Kier molecular flexibility index (Phi) is 4.02. The maximum atomic E-state index is 11.6. The van der Waals surface area contributed by atoms with Crippen molar-refractivity contribution in [3.05, 3.63) is 0 Å². The highest BCUT2D eigenvalue weighted by Gasteiger charge is 2.24. The van der Waals surface area contributed by atoms with Gasteiger partial charge in [0.2, 0.25) is 0 Å². The highest BCUT2D eigenvalue weighted by molar-refractivity contribution is 4.77. The van der Waals surface area contributed by atoms with E-state index in [1.165, 1.54) is 0 Å². The highest BCUT2D eigenvalue weighted by atomic mass is 19.3. The van der Waals surface area contributed by atoms with Gasteiger partial charge in [-0.15, -0.1) is 0 Å². The summed E-state index contributed by atoms with van der Waals surface area (Å²) in [6.07, 6.45) is 0. The Labute approximate surface area is 77.0 Å². The second-order valence-corrected chi connectivity index (χ2v) is 3.47. The molecule has 2 atom stereocenters. The molecule has 0 bridgehead atoms. The molecule has 78 valence electrons. The van der Waals surface area contributed by atoms with E-state index in [4.69, 9.17) is 0 Å². The summed E-state index contributed by atoms with van der Waals surface area (Å²) in [6, 6.07) is 0.423. The van der Waals surface area contributed by atoms with Crippen LogP contribution in [0.25, 0.3) is 0 Å². The maximum Gasteiger partial charge on any atom is 0.345 e. The lowest BCUT2D eigenvalue weighted by molar-refractivity contribution is -0.132. The van der Waals surface area contributed by atoms with Crippen LogP contribution in [-0.4, -0.2) is 37.4 Å². The van der Waals surface area contributed by atoms with Crippen molar-refractivity contribution in [1.29, 1.82) is 0 Å². The standard InChI is InChI=1S/C8H16F2N2O/c1-6-5-12(11-7(6)2)3-4-13-8(9)10/h6-8,11H,3-5H2,1-2H3/t6-,7?/m0/s1. The Balaban J connectivity index is 2.10. The summed E-state index contributed by atoms with van der Waals surface area (Å²) >= 11 is 0. The Hall–Kier alpha value is -0.260. The Bertz CT molecular complexity index is 147. The SMILES string of the molecule is CC1NN(CCOC(F)F)C[C@@H]1C. The van der Waals surface area contributed by atoms with Crippen LogP contribution in [0, 0.1) is 5.92 Å². The number of halogens is 2. The van der Waals surface area contributed by atoms with Gasteiger partial charge in [0.05, 0.1) is 6.61 Å². The van der Waals surface area contributed by atoms with E-state index in [0.717, 1.165) is 6.54 Å². The molecule has 0 aromatic rings. The van der Waals surface area contributed by atoms with Crippen LogP contribution < -0.4 is 5.43 Å². The second-order valence-electron chi connectivity index (χ2n) is 3.47. The van der Waals surface area contributed by atoms with Crippen LogP contribution in [0.5, 0.6) is 0 Å². The van der Waals surface area contributed by atoms with Gasteiger partial charge in [0.25, 0.3) is 0 Å². The van der Waals surface area contributed by atoms with E-state index in [2.05, 4.69) is 24.0 Å². The third kappa shape index (κ3) is 3.54. The van der Waals surface area contributed by atoms with Gasteiger partial charge < -0.3 is 4.74 Å². The minimum Gasteiger partial charge on any atom is -0.322 e. The van der Waals surface area contributed by atoms with Crippen molar-refractivity contribution < 1.29 is 13.5 Å². The molecule has 0 saturated carbocycles. The summed E-state index contributed by atoms with van der Waals surface area (Å²) in [7, 11) is 0. The van der Waals surface area contributed by atoms with Crippen molar-refractivity contribution >= 4 is 0 Å². The minimum atomic E-state index is -2.66. The molecule has 3 nitrogen and oxygen atoms in total. The summed E-state index contributed by atoms with van der Waals surface area (Å²) < 4.78 is 27.4. The molecule has 1 aliphatic heterocycles. The van der Waals surface area contributed by atoms with E-state index in [0.29, 0.717) is 18.5 Å². The second kappa shape index (κ2) is 4.83. The van der Waals surface area contributed by atoms with E-state index in [1.807, 2.05) is 5.01 Å². The molecule has 1 heterocycles. The van der Waals surface area contributed by atoms with Gasteiger partial charge in [-0.05, 0) is 12.8 Å². The van der Waals surface area contributed by atoms with E-state index in [9.17, 15) is 8.78 Å². The fraction of sp³-hybridized carbons (Fsp3) is 1.00. The lowest BCUT2D eigenvalue weighted by atomic mass is 10.1. The zero-order valence-corrected chi connectivity index (χ0v) is 7.96. The molecular weight excluding hydrogens is 178 g/mol. The van der Waals surface area contributed by atoms with Crippen molar-refractivity contribution in [2.45, 2.75) is 26.5 Å². The minimum absolute atomic E-state index is 0.0735. The fourth-order valence-electron chi connectivity index (χ4n) is 1.38. The summed E-state index contributed by atoms with van der Waals surface area (Å²) in [5, 5.41) is 1.93. The zero-order chi connectivity index (χ0) is 9.84. The Morgan fingerprint density at radius 3 is 2.69 bits per heavy atom. The van der Waals surface area contributed by atoms with Crippen LogP contribution in [0.3, 0.4) is 0 Å². The quantitative estimate of drug-likeness (QED) is 0.724. The predicted molar refractivity (Wildman–Crippen MR) is 45.3 cm³/mol. The molecule has 1 aliphatic rings. The third-order valence-electron chi connectivity index (χ3n) is 2.35. The van der Waals surface area contributed by atoms with Crippen LogP contribution in [-0.2, 0) is 4.74 Å². The third-order valence-corrected chi connectivity index (χ3v) is 2.35. The number of hydrogen-bond acceptors (Lipinski definition) is 3. The van der Waals surface area contributed by atoms with Crippen molar-refractivity contribution in [1.82, 2.24) is 10.4 Å². The average molecular weight is 194 g/mol. The first-order valence-corrected chi connectivity index (χ1v) is 4.50. The van der Waals surface area contributed by atoms with Crippen molar-refractivity contribution in [2.24, 2.45) is 5.92 Å². The van der Waals surface area contributed by atoms with Crippen LogP contribution in [0.4, 0.5) is 8.78 Å². The van der Waals surface area contributed by atoms with Crippen LogP contribution in [0.1, 0.15) is 13.8 Å². The highest BCUT2D eigenvalue weighted by Crippen LogP contribution is 2.12. The normalized spacial score (nSPS) is 30.2. The molecular formula is C8H16F2N2O. The van der Waals surface area contributed by atoms with E-state index in [1.54, 1.807) is 0 Å². The van der Waals surface area contributed by atoms with Gasteiger partial charge in [0.1, 0.15) is 0 Å². The molecule has 0 aromatic carbocycles. The molecule has 0 amide bonds. The summed E-state index contributed by atoms with van der Waals surface area (Å²) in [5.41, 5.74) is 3.19. The first kappa shape index (κ1) is 10.8. The number of rotatable bonds is 4. The molecule has 0 spiro atoms. The Morgan fingerprint density at radius 2 is 2.23 bits per heavy atom. The van der Waals surface area contributed by atoms with Gasteiger partial charge >= 0.3 is 6.61 Å². The van der Waals surface area contributed by atoms with E-state index >= 15 is 0 Å². The molecule has 1 unspecified atom stereocenters. The van der Waals surface area contributed by atoms with Crippen molar-refractivity contribution in [2.75, 3.05) is 19.7 Å². The monoisotopic (exact) mass is 194 g/mol. The number of nitrogens with zero attached hydrogens (tertiary/aromatic N) is 1. The lowest BCUT2D eigenvalue weighted by Crippen LogP contribution is -2.36. The largest absolute Gasteiger partial charge is 0.345 e. The first-order valence-electron chi connectivity index (χ1n) is 4.50. The molecule has 0 aliphatic carbocycles. The lowest BCUT2D eigenvalue weighted by Gasteiger charge is -2.15. The maximum absolute atomic E-state index is 11.6. The average Bonchev–Trinajstić information content (AvgIpc) is 2.30. The molecule has 1 N–H and O–H groups in total. The summed E-state index contributed by atoms with van der Waals surface area (Å²) in [6.45, 7) is 3.04. The van der Waals surface area contributed by atoms with Gasteiger partial charge in [-0.3, -0.25) is 5.43 Å². The molecule has 13 heavy (non-hydrogen) atoms. The molecule has 5 heteroatoms. The van der Waals surface area contributed by atoms with Gasteiger partial charge in [-0.25, -0.2) is 5.01 Å². The number of nitrogens with one attached hydrogen (secondary N) is 1. The van der Waals surface area contributed by atoms with Crippen molar-refractivity contribution in [3.63, 3.8) is 0 Å². The number of alkyl halides is 2. The van der Waals surface area contributed by atoms with Crippen LogP contribution in [0.15, 0.2) is 0 Å². The summed E-state index contributed by atoms with van der Waals surface area (Å²) in [5.74, 6) is 0.562. The smallest absolute Gasteiger partial charge is 0.322 e. The molecule has 1 rings (SSSR count). The van der Waals surface area contributed by atoms with Crippen molar-refractivity contribution in [3.8, 4) is 0 Å². The van der Waals surface area contributed by atoms with Crippen LogP contribution in [0.2, 0.25) is 0 Å². The number of hydrazine groups is 1. The first-order chi connectivity index (χ1) is 6.09. The molecule has 1 saturated heterocycles. The predicted octanol–water partition coefficient (Wildman–Crippen LogP) is 1.07. The van der Waals surface area contributed by atoms with Gasteiger partial charge in [-0.2, -0.15) is 8.78 Å². The van der Waals surface area contributed by atoms with Gasteiger partial charge in [-0.1, -0.05) is 6.92 Å². The topological polar surface area (TPSA) is 24.5 Å². The van der Waals surface area contributed by atoms with Crippen LogP contribution >= 0.6 is 0 Å². The molecule has 0 aromatic heterocycles. The number of hydrogen-bond donors (Lipinski definition) is 1. The summed E-state index contributed by atoms with van der Waals surface area (Å²) in [4.78, 5) is 0. The van der Waals surface area contributed by atoms with Gasteiger partial charge in [0.15, 0.2) is 0 Å². The fourth-order valence-corrected chi connectivity index (χ4v) is 1.38. The van der Waals surface area contributed by atoms with E-state index in [-0.39, 0.29) is 6.61 Å². The molecule has 1 fully saturated rings. The Morgan fingerprint density at radius 1 is 1.54 bits per heavy atom.